The zero-order valence-electron chi connectivity index (χ0n) is 12.6. The Morgan fingerprint density at radius 2 is 1.32 bits per heavy atom. The fourth-order valence-electron chi connectivity index (χ4n) is 1.96. The summed E-state index contributed by atoms with van der Waals surface area (Å²) in [6, 6.07) is 0. The molecule has 0 aliphatic heterocycles. The summed E-state index contributed by atoms with van der Waals surface area (Å²) in [5.41, 5.74) is 5.47. The van der Waals surface area contributed by atoms with Crippen LogP contribution >= 0.6 is 0 Å². The molecule has 0 saturated heterocycles. The number of unbranched alkanes of at least 4 members (excludes halogenated alkanes) is 4. The van der Waals surface area contributed by atoms with Gasteiger partial charge < -0.3 is 5.73 Å². The average Bonchev–Trinajstić information content (AvgIpc) is 2.40. The van der Waals surface area contributed by atoms with Gasteiger partial charge in [0, 0.05) is 19.4 Å². The minimum absolute atomic E-state index is 0.0246. The van der Waals surface area contributed by atoms with Crippen LogP contribution in [0.2, 0.25) is 0 Å². The smallest absolute Gasteiger partial charge is 0.229 e. The minimum atomic E-state index is -0.0246. The number of nitrogens with zero attached hydrogens (tertiary/aromatic N) is 1. The van der Waals surface area contributed by atoms with Crippen LogP contribution in [0.25, 0.3) is 0 Å². The van der Waals surface area contributed by atoms with Crippen molar-refractivity contribution >= 4 is 11.8 Å². The molecule has 2 amide bonds. The first-order valence-electron chi connectivity index (χ1n) is 7.70. The predicted molar refractivity (Wildman–Crippen MR) is 78.7 cm³/mol. The van der Waals surface area contributed by atoms with Crippen molar-refractivity contribution in [3.63, 3.8) is 0 Å². The van der Waals surface area contributed by atoms with Gasteiger partial charge in [0.25, 0.3) is 0 Å². The van der Waals surface area contributed by atoms with Gasteiger partial charge in [0.2, 0.25) is 11.8 Å². The summed E-state index contributed by atoms with van der Waals surface area (Å²) in [5, 5.41) is 0. The van der Waals surface area contributed by atoms with Crippen molar-refractivity contribution in [3.05, 3.63) is 0 Å². The molecule has 2 N–H and O–H groups in total. The van der Waals surface area contributed by atoms with Crippen LogP contribution in [-0.2, 0) is 9.59 Å². The zero-order valence-corrected chi connectivity index (χ0v) is 12.6. The van der Waals surface area contributed by atoms with Crippen molar-refractivity contribution in [3.8, 4) is 0 Å². The Labute approximate surface area is 117 Å². The molecular formula is C15H30N2O2. The predicted octanol–water partition coefficient (Wildman–Crippen LogP) is 2.85. The molecule has 0 aliphatic rings. The van der Waals surface area contributed by atoms with E-state index >= 15 is 0 Å². The first kappa shape index (κ1) is 18.1. The van der Waals surface area contributed by atoms with Crippen LogP contribution in [-0.4, -0.2) is 29.8 Å². The molecule has 0 unspecified atom stereocenters. The van der Waals surface area contributed by atoms with Gasteiger partial charge in [0.05, 0.1) is 0 Å². The van der Waals surface area contributed by atoms with Crippen molar-refractivity contribution in [1.82, 2.24) is 4.90 Å². The van der Waals surface area contributed by atoms with Gasteiger partial charge in [-0.15, -0.1) is 0 Å². The summed E-state index contributed by atoms with van der Waals surface area (Å²) < 4.78 is 0. The third-order valence-corrected chi connectivity index (χ3v) is 3.18. The first-order valence-corrected chi connectivity index (χ1v) is 7.70. The van der Waals surface area contributed by atoms with Crippen LogP contribution in [0.15, 0.2) is 0 Å². The third-order valence-electron chi connectivity index (χ3n) is 3.18. The lowest BCUT2D eigenvalue weighted by atomic mass is 10.1. The van der Waals surface area contributed by atoms with Crippen LogP contribution in [0, 0.1) is 0 Å². The second-order valence-corrected chi connectivity index (χ2v) is 5.00. The second kappa shape index (κ2) is 12.2. The van der Waals surface area contributed by atoms with Gasteiger partial charge >= 0.3 is 0 Å². The van der Waals surface area contributed by atoms with Crippen molar-refractivity contribution in [2.75, 3.05) is 13.1 Å². The van der Waals surface area contributed by atoms with E-state index in [9.17, 15) is 9.59 Å². The maximum atomic E-state index is 12.1. The molecule has 4 nitrogen and oxygen atoms in total. The lowest BCUT2D eigenvalue weighted by Gasteiger charge is -2.20. The molecule has 112 valence electrons. The molecule has 0 saturated carbocycles. The number of amides is 2. The van der Waals surface area contributed by atoms with Gasteiger partial charge in [0.15, 0.2) is 0 Å². The monoisotopic (exact) mass is 270 g/mol. The number of carbonyl (C=O) groups is 2. The summed E-state index contributed by atoms with van der Waals surface area (Å²) in [6.07, 6.45) is 7.66. The molecular weight excluding hydrogens is 240 g/mol. The van der Waals surface area contributed by atoms with E-state index in [2.05, 4.69) is 13.8 Å². The highest BCUT2D eigenvalue weighted by Gasteiger charge is 2.19. The molecule has 0 fully saturated rings. The maximum absolute atomic E-state index is 12.1. The van der Waals surface area contributed by atoms with E-state index in [4.69, 9.17) is 5.73 Å². The van der Waals surface area contributed by atoms with Crippen LogP contribution in [0.1, 0.15) is 71.6 Å². The molecule has 0 aromatic rings. The van der Waals surface area contributed by atoms with Gasteiger partial charge in [-0.25, -0.2) is 0 Å². The molecule has 0 heterocycles. The lowest BCUT2D eigenvalue weighted by Crippen LogP contribution is -2.38. The molecule has 0 radical (unpaired) electrons. The lowest BCUT2D eigenvalue weighted by molar-refractivity contribution is -0.145. The van der Waals surface area contributed by atoms with E-state index in [1.165, 1.54) is 4.90 Å². The zero-order chi connectivity index (χ0) is 14.5. The molecule has 0 aliphatic carbocycles. The Kier molecular flexibility index (Phi) is 11.6. The van der Waals surface area contributed by atoms with E-state index in [1.54, 1.807) is 0 Å². The fraction of sp³-hybridized carbons (Fsp3) is 0.867. The Balaban J connectivity index is 4.25. The Morgan fingerprint density at radius 3 is 1.68 bits per heavy atom. The molecule has 0 aromatic heterocycles. The van der Waals surface area contributed by atoms with Gasteiger partial charge in [-0.1, -0.05) is 39.5 Å². The van der Waals surface area contributed by atoms with Crippen LogP contribution in [0.3, 0.4) is 0 Å². The van der Waals surface area contributed by atoms with Crippen molar-refractivity contribution in [1.29, 1.82) is 0 Å². The molecule has 0 atom stereocenters. The van der Waals surface area contributed by atoms with Gasteiger partial charge in [0.1, 0.15) is 0 Å². The van der Waals surface area contributed by atoms with Crippen molar-refractivity contribution < 1.29 is 9.59 Å². The normalized spacial score (nSPS) is 10.5. The molecule has 0 aromatic carbocycles. The van der Waals surface area contributed by atoms with Crippen LogP contribution in [0.5, 0.6) is 0 Å². The maximum Gasteiger partial charge on any atom is 0.229 e. The Hall–Kier alpha value is -0.900. The SMILES string of the molecule is CCCCCC(=O)N(CCCN)C(=O)CCCCC. The van der Waals surface area contributed by atoms with E-state index in [1.807, 2.05) is 0 Å². The molecule has 0 bridgehead atoms. The Bertz CT molecular complexity index is 233. The fourth-order valence-corrected chi connectivity index (χ4v) is 1.96. The third kappa shape index (κ3) is 8.76. The highest BCUT2D eigenvalue weighted by molar-refractivity contribution is 5.95. The highest BCUT2D eigenvalue weighted by atomic mass is 16.2. The Morgan fingerprint density at radius 1 is 0.842 bits per heavy atom. The number of nitrogens with two attached hydrogens (primary N) is 1. The molecule has 0 spiro atoms. The van der Waals surface area contributed by atoms with Crippen LogP contribution in [0.4, 0.5) is 0 Å². The van der Waals surface area contributed by atoms with E-state index < -0.39 is 0 Å². The standard InChI is InChI=1S/C15H30N2O2/c1-3-5-7-10-14(18)17(13-9-12-16)15(19)11-8-6-4-2/h3-13,16H2,1-2H3. The van der Waals surface area contributed by atoms with E-state index in [-0.39, 0.29) is 11.8 Å². The van der Waals surface area contributed by atoms with Gasteiger partial charge in [-0.3, -0.25) is 14.5 Å². The number of imide groups is 1. The first-order chi connectivity index (χ1) is 9.17. The number of hydrogen-bond acceptors (Lipinski definition) is 3. The molecule has 19 heavy (non-hydrogen) atoms. The van der Waals surface area contributed by atoms with E-state index in [0.29, 0.717) is 32.4 Å². The largest absolute Gasteiger partial charge is 0.330 e. The minimum Gasteiger partial charge on any atom is -0.330 e. The number of rotatable bonds is 11. The van der Waals surface area contributed by atoms with Crippen molar-refractivity contribution in [2.24, 2.45) is 5.73 Å². The summed E-state index contributed by atoms with van der Waals surface area (Å²) in [7, 11) is 0. The summed E-state index contributed by atoms with van der Waals surface area (Å²) in [4.78, 5) is 25.6. The summed E-state index contributed by atoms with van der Waals surface area (Å²) in [5.74, 6) is -0.0493. The molecule has 4 heteroatoms. The van der Waals surface area contributed by atoms with E-state index in [0.717, 1.165) is 38.5 Å². The second-order valence-electron chi connectivity index (χ2n) is 5.00. The average molecular weight is 270 g/mol. The quantitative estimate of drug-likeness (QED) is 0.587. The van der Waals surface area contributed by atoms with Crippen LogP contribution < -0.4 is 5.73 Å². The van der Waals surface area contributed by atoms with Gasteiger partial charge in [-0.05, 0) is 25.8 Å². The molecule has 0 rings (SSSR count). The summed E-state index contributed by atoms with van der Waals surface area (Å²) >= 11 is 0. The number of carbonyl (C=O) groups excluding carboxylic acids is 2. The van der Waals surface area contributed by atoms with Gasteiger partial charge in [-0.2, -0.15) is 0 Å². The highest BCUT2D eigenvalue weighted by Crippen LogP contribution is 2.08. The topological polar surface area (TPSA) is 63.4 Å². The summed E-state index contributed by atoms with van der Waals surface area (Å²) in [6.45, 7) is 5.20. The number of hydrogen-bond donors (Lipinski definition) is 1. The van der Waals surface area contributed by atoms with Crippen molar-refractivity contribution in [2.45, 2.75) is 71.6 Å².